The Bertz CT molecular complexity index is 854. The normalized spacial score (nSPS) is 11.9. The number of carbonyl (C=O) groups is 1. The Labute approximate surface area is 145 Å². The molecule has 3 aromatic rings. The third-order valence-electron chi connectivity index (χ3n) is 3.63. The van der Waals surface area contributed by atoms with E-state index < -0.39 is 0 Å². The van der Waals surface area contributed by atoms with Gasteiger partial charge >= 0.3 is 0 Å². The zero-order chi connectivity index (χ0) is 16.9. The lowest BCUT2D eigenvalue weighted by Crippen LogP contribution is -2.31. The number of carbonyl (C=O) groups excluding carboxylic acids is 1. The molecule has 0 saturated carbocycles. The summed E-state index contributed by atoms with van der Waals surface area (Å²) < 4.78 is 0. The summed E-state index contributed by atoms with van der Waals surface area (Å²) in [5.41, 5.74) is 1.79. The molecule has 2 N–H and O–H groups in total. The molecule has 0 saturated heterocycles. The molecule has 3 rings (SSSR count). The second-order valence-electron chi connectivity index (χ2n) is 5.40. The highest BCUT2D eigenvalue weighted by Crippen LogP contribution is 2.23. The standard InChI is InChI=1S/C18H17ClN4O/c1-12(24)21-16(13-7-3-2-4-8-13)11-20-17-14-9-5-6-10-15(14)22-18(19)23-17/h2-10,16H,11H2,1H3,(H,21,24)(H,20,22,23). The van der Waals surface area contributed by atoms with Crippen LogP contribution in [0.2, 0.25) is 5.28 Å². The summed E-state index contributed by atoms with van der Waals surface area (Å²) in [4.78, 5) is 20.0. The van der Waals surface area contributed by atoms with Gasteiger partial charge < -0.3 is 10.6 Å². The Hall–Kier alpha value is -2.66. The smallest absolute Gasteiger partial charge is 0.224 e. The Kier molecular flexibility index (Phi) is 4.91. The summed E-state index contributed by atoms with van der Waals surface area (Å²) in [5.74, 6) is 0.563. The van der Waals surface area contributed by atoms with E-state index in [1.165, 1.54) is 6.92 Å². The molecule has 0 aliphatic carbocycles. The van der Waals surface area contributed by atoms with Crippen molar-refractivity contribution in [1.82, 2.24) is 15.3 Å². The number of halogens is 1. The number of hydrogen-bond donors (Lipinski definition) is 2. The Morgan fingerprint density at radius 3 is 2.54 bits per heavy atom. The SMILES string of the molecule is CC(=O)NC(CNc1nc(Cl)nc2ccccc12)c1ccccc1. The third-order valence-corrected chi connectivity index (χ3v) is 3.80. The highest BCUT2D eigenvalue weighted by molar-refractivity contribution is 6.28. The van der Waals surface area contributed by atoms with Crippen molar-refractivity contribution in [2.75, 3.05) is 11.9 Å². The van der Waals surface area contributed by atoms with Gasteiger partial charge in [-0.15, -0.1) is 0 Å². The molecule has 122 valence electrons. The summed E-state index contributed by atoms with van der Waals surface area (Å²) >= 11 is 6.01. The van der Waals surface area contributed by atoms with Gasteiger partial charge in [0.2, 0.25) is 11.2 Å². The zero-order valence-electron chi connectivity index (χ0n) is 13.2. The fourth-order valence-electron chi connectivity index (χ4n) is 2.56. The van der Waals surface area contributed by atoms with Gasteiger partial charge in [0.25, 0.3) is 0 Å². The summed E-state index contributed by atoms with van der Waals surface area (Å²) in [6.45, 7) is 1.99. The largest absolute Gasteiger partial charge is 0.367 e. The first kappa shape index (κ1) is 16.2. The molecule has 0 bridgehead atoms. The number of fused-ring (bicyclic) bond motifs is 1. The molecule has 5 nitrogen and oxygen atoms in total. The minimum absolute atomic E-state index is 0.0868. The average Bonchev–Trinajstić information content (AvgIpc) is 2.58. The number of nitrogens with one attached hydrogen (secondary N) is 2. The van der Waals surface area contributed by atoms with Crippen molar-refractivity contribution < 1.29 is 4.79 Å². The first-order valence-corrected chi connectivity index (χ1v) is 7.99. The van der Waals surface area contributed by atoms with Crippen molar-refractivity contribution >= 4 is 34.2 Å². The molecule has 1 unspecified atom stereocenters. The van der Waals surface area contributed by atoms with Crippen molar-refractivity contribution in [3.8, 4) is 0 Å². The van der Waals surface area contributed by atoms with Gasteiger partial charge in [-0.2, -0.15) is 0 Å². The fourth-order valence-corrected chi connectivity index (χ4v) is 2.74. The van der Waals surface area contributed by atoms with Crippen LogP contribution in [0.5, 0.6) is 0 Å². The van der Waals surface area contributed by atoms with Crippen LogP contribution >= 0.6 is 11.6 Å². The second kappa shape index (κ2) is 7.27. The van der Waals surface area contributed by atoms with E-state index in [4.69, 9.17) is 11.6 Å². The Balaban J connectivity index is 1.86. The van der Waals surface area contributed by atoms with Crippen LogP contribution in [0.4, 0.5) is 5.82 Å². The van der Waals surface area contributed by atoms with E-state index in [2.05, 4.69) is 20.6 Å². The highest BCUT2D eigenvalue weighted by Gasteiger charge is 2.14. The topological polar surface area (TPSA) is 66.9 Å². The minimum Gasteiger partial charge on any atom is -0.367 e. The molecule has 6 heteroatoms. The second-order valence-corrected chi connectivity index (χ2v) is 5.74. The zero-order valence-corrected chi connectivity index (χ0v) is 13.9. The first-order valence-electron chi connectivity index (χ1n) is 7.61. The highest BCUT2D eigenvalue weighted by atomic mass is 35.5. The number of hydrogen-bond acceptors (Lipinski definition) is 4. The van der Waals surface area contributed by atoms with Crippen LogP contribution in [0, 0.1) is 0 Å². The van der Waals surface area contributed by atoms with E-state index >= 15 is 0 Å². The maximum absolute atomic E-state index is 11.5. The number of aromatic nitrogens is 2. The lowest BCUT2D eigenvalue weighted by Gasteiger charge is -2.20. The molecule has 0 aliphatic heterocycles. The number of anilines is 1. The van der Waals surface area contributed by atoms with Gasteiger partial charge in [-0.1, -0.05) is 42.5 Å². The predicted molar refractivity (Wildman–Crippen MR) is 96.0 cm³/mol. The molecule has 0 fully saturated rings. The molecule has 1 heterocycles. The van der Waals surface area contributed by atoms with Crippen molar-refractivity contribution in [2.24, 2.45) is 0 Å². The van der Waals surface area contributed by atoms with Gasteiger partial charge in [-0.05, 0) is 29.3 Å². The van der Waals surface area contributed by atoms with Crippen molar-refractivity contribution in [1.29, 1.82) is 0 Å². The third kappa shape index (κ3) is 3.81. The molecule has 2 aromatic carbocycles. The van der Waals surface area contributed by atoms with Crippen LogP contribution in [0.15, 0.2) is 54.6 Å². The van der Waals surface area contributed by atoms with E-state index in [9.17, 15) is 4.79 Å². The molecule has 1 amide bonds. The number of para-hydroxylation sites is 1. The van der Waals surface area contributed by atoms with E-state index in [-0.39, 0.29) is 17.2 Å². The molecule has 1 aromatic heterocycles. The number of amides is 1. The van der Waals surface area contributed by atoms with E-state index in [1.54, 1.807) is 0 Å². The van der Waals surface area contributed by atoms with Crippen LogP contribution in [0.3, 0.4) is 0 Å². The van der Waals surface area contributed by atoms with Crippen molar-refractivity contribution in [3.63, 3.8) is 0 Å². The van der Waals surface area contributed by atoms with Crippen LogP contribution in [-0.4, -0.2) is 22.4 Å². The maximum atomic E-state index is 11.5. The molecule has 24 heavy (non-hydrogen) atoms. The number of nitrogens with zero attached hydrogens (tertiary/aromatic N) is 2. The van der Waals surface area contributed by atoms with Gasteiger partial charge in [0.15, 0.2) is 0 Å². The summed E-state index contributed by atoms with van der Waals surface area (Å²) in [6.07, 6.45) is 0. The van der Waals surface area contributed by atoms with Crippen molar-refractivity contribution in [3.05, 3.63) is 65.4 Å². The Morgan fingerprint density at radius 1 is 1.08 bits per heavy atom. The summed E-state index contributed by atoms with van der Waals surface area (Å²) in [7, 11) is 0. The monoisotopic (exact) mass is 340 g/mol. The maximum Gasteiger partial charge on any atom is 0.224 e. The molecule has 0 spiro atoms. The first-order chi connectivity index (χ1) is 11.6. The number of benzene rings is 2. The van der Waals surface area contributed by atoms with Gasteiger partial charge in [-0.3, -0.25) is 4.79 Å². The Morgan fingerprint density at radius 2 is 1.79 bits per heavy atom. The minimum atomic E-state index is -0.170. The van der Waals surface area contributed by atoms with Crippen LogP contribution < -0.4 is 10.6 Å². The van der Waals surface area contributed by atoms with Crippen LogP contribution in [-0.2, 0) is 4.79 Å². The molecule has 0 radical (unpaired) electrons. The van der Waals surface area contributed by atoms with E-state index in [0.717, 1.165) is 16.5 Å². The average molecular weight is 341 g/mol. The van der Waals surface area contributed by atoms with E-state index in [1.807, 2.05) is 54.6 Å². The molecule has 1 atom stereocenters. The fraction of sp³-hybridized carbons (Fsp3) is 0.167. The van der Waals surface area contributed by atoms with Gasteiger partial charge in [-0.25, -0.2) is 9.97 Å². The molecular weight excluding hydrogens is 324 g/mol. The van der Waals surface area contributed by atoms with Gasteiger partial charge in [0.05, 0.1) is 11.6 Å². The van der Waals surface area contributed by atoms with Crippen LogP contribution in [0.1, 0.15) is 18.5 Å². The lowest BCUT2D eigenvalue weighted by molar-refractivity contribution is -0.119. The lowest BCUT2D eigenvalue weighted by atomic mass is 10.1. The quantitative estimate of drug-likeness (QED) is 0.697. The molecule has 0 aliphatic rings. The number of rotatable bonds is 5. The molecular formula is C18H17ClN4O. The van der Waals surface area contributed by atoms with Crippen LogP contribution in [0.25, 0.3) is 10.9 Å². The predicted octanol–water partition coefficient (Wildman–Crippen LogP) is 3.57. The van der Waals surface area contributed by atoms with Gasteiger partial charge in [0.1, 0.15) is 5.82 Å². The van der Waals surface area contributed by atoms with Gasteiger partial charge in [0, 0.05) is 18.9 Å². The summed E-state index contributed by atoms with van der Waals surface area (Å²) in [5, 5.41) is 7.31. The van der Waals surface area contributed by atoms with Crippen molar-refractivity contribution in [2.45, 2.75) is 13.0 Å². The summed E-state index contributed by atoms with van der Waals surface area (Å²) in [6, 6.07) is 17.3. The van der Waals surface area contributed by atoms with E-state index in [0.29, 0.717) is 12.4 Å².